The number of amides is 1. The molecular formula is C22H26FN3O3S2. The lowest BCUT2D eigenvalue weighted by atomic mass is 10.1. The van der Waals surface area contributed by atoms with Crippen molar-refractivity contribution >= 4 is 42.4 Å². The Labute approximate surface area is 186 Å². The number of fused-ring (bicyclic) bond motifs is 1. The van der Waals surface area contributed by atoms with Gasteiger partial charge in [0.05, 0.1) is 20.9 Å². The second-order valence-corrected chi connectivity index (χ2v) is 10.8. The minimum absolute atomic E-state index is 0.00706. The first-order chi connectivity index (χ1) is 14.6. The zero-order chi connectivity index (χ0) is 22.8. The Morgan fingerprint density at radius 2 is 1.74 bits per heavy atom. The minimum atomic E-state index is -3.70. The van der Waals surface area contributed by atoms with E-state index in [2.05, 4.69) is 0 Å². The summed E-state index contributed by atoms with van der Waals surface area (Å²) < 4.78 is 39.3. The first kappa shape index (κ1) is 23.3. The molecule has 2 aromatic carbocycles. The number of nitrogens with zero attached hydrogens (tertiary/aromatic N) is 3. The molecule has 0 fully saturated rings. The van der Waals surface area contributed by atoms with E-state index in [4.69, 9.17) is 4.98 Å². The van der Waals surface area contributed by atoms with Crippen molar-refractivity contribution < 1.29 is 17.6 Å². The van der Waals surface area contributed by atoms with Crippen molar-refractivity contribution in [3.8, 4) is 0 Å². The molecule has 0 saturated heterocycles. The zero-order valence-electron chi connectivity index (χ0n) is 18.1. The number of sulfone groups is 1. The average Bonchev–Trinajstić information content (AvgIpc) is 3.14. The minimum Gasteiger partial charge on any atom is -0.308 e. The molecule has 31 heavy (non-hydrogen) atoms. The number of thiazole rings is 1. The van der Waals surface area contributed by atoms with Crippen molar-refractivity contribution in [2.45, 2.75) is 25.2 Å². The van der Waals surface area contributed by atoms with Crippen LogP contribution in [0.25, 0.3) is 10.2 Å². The molecule has 0 atom stereocenters. The van der Waals surface area contributed by atoms with Crippen LogP contribution in [0.5, 0.6) is 0 Å². The number of hydrogen-bond acceptors (Lipinski definition) is 6. The van der Waals surface area contributed by atoms with E-state index in [1.165, 1.54) is 23.5 Å². The van der Waals surface area contributed by atoms with E-state index >= 15 is 0 Å². The molecule has 1 aromatic heterocycles. The lowest BCUT2D eigenvalue weighted by Crippen LogP contribution is -2.37. The van der Waals surface area contributed by atoms with Gasteiger partial charge in [-0.1, -0.05) is 17.4 Å². The smallest absolute Gasteiger partial charge is 0.229 e. The van der Waals surface area contributed by atoms with Crippen molar-refractivity contribution in [3.63, 3.8) is 0 Å². The van der Waals surface area contributed by atoms with Gasteiger partial charge in [0.2, 0.25) is 5.91 Å². The molecule has 3 aromatic rings. The van der Waals surface area contributed by atoms with Crippen molar-refractivity contribution in [3.05, 3.63) is 53.3 Å². The summed E-state index contributed by atoms with van der Waals surface area (Å²) in [7, 11) is 0.123. The number of benzene rings is 2. The van der Waals surface area contributed by atoms with Gasteiger partial charge in [0.15, 0.2) is 15.0 Å². The number of aromatic nitrogens is 1. The number of hydrogen-bond donors (Lipinski definition) is 0. The molecule has 0 unspecified atom stereocenters. The Balaban J connectivity index is 1.84. The Kier molecular flexibility index (Phi) is 7.08. The Morgan fingerprint density at radius 1 is 1.06 bits per heavy atom. The van der Waals surface area contributed by atoms with Crippen LogP contribution in [0.15, 0.2) is 41.3 Å². The van der Waals surface area contributed by atoms with Gasteiger partial charge >= 0.3 is 0 Å². The maximum atomic E-state index is 13.1. The molecule has 1 heterocycles. The molecule has 0 saturated carbocycles. The molecule has 0 aliphatic heterocycles. The van der Waals surface area contributed by atoms with Crippen LogP contribution in [0.1, 0.15) is 17.5 Å². The summed E-state index contributed by atoms with van der Waals surface area (Å²) in [6, 6.07) is 8.66. The van der Waals surface area contributed by atoms with Crippen molar-refractivity contribution in [1.82, 2.24) is 9.88 Å². The molecule has 0 aliphatic carbocycles. The SMILES string of the molecule is Cc1ccc2sc(N(CCN(C)C)C(=O)CCS(=O)(=O)c3ccc(F)cc3)nc2c1C. The third kappa shape index (κ3) is 5.47. The van der Waals surface area contributed by atoms with Gasteiger partial charge < -0.3 is 4.90 Å². The summed E-state index contributed by atoms with van der Waals surface area (Å²) in [5, 5.41) is 0.565. The molecule has 166 valence electrons. The van der Waals surface area contributed by atoms with Crippen molar-refractivity contribution in [1.29, 1.82) is 0 Å². The highest BCUT2D eigenvalue weighted by molar-refractivity contribution is 7.91. The number of halogens is 1. The summed E-state index contributed by atoms with van der Waals surface area (Å²) in [5.74, 6) is -1.16. The molecule has 1 amide bonds. The summed E-state index contributed by atoms with van der Waals surface area (Å²) >= 11 is 1.42. The predicted molar refractivity (Wildman–Crippen MR) is 123 cm³/mol. The number of carbonyl (C=O) groups is 1. The van der Waals surface area contributed by atoms with Crippen LogP contribution in [0.3, 0.4) is 0 Å². The van der Waals surface area contributed by atoms with Crippen LogP contribution in [-0.4, -0.2) is 57.1 Å². The topological polar surface area (TPSA) is 70.6 Å². The van der Waals surface area contributed by atoms with Gasteiger partial charge in [0.1, 0.15) is 5.82 Å². The molecule has 9 heteroatoms. The summed E-state index contributed by atoms with van der Waals surface area (Å²) in [5.41, 5.74) is 3.06. The molecule has 0 radical (unpaired) electrons. The molecule has 0 bridgehead atoms. The fraction of sp³-hybridized carbons (Fsp3) is 0.364. The summed E-state index contributed by atoms with van der Waals surface area (Å²) in [4.78, 5) is 21.3. The van der Waals surface area contributed by atoms with E-state index in [-0.39, 0.29) is 23.0 Å². The lowest BCUT2D eigenvalue weighted by Gasteiger charge is -2.22. The number of likely N-dealkylation sites (N-methyl/N-ethyl adjacent to an activating group) is 1. The van der Waals surface area contributed by atoms with Gasteiger partial charge in [0.25, 0.3) is 0 Å². The maximum absolute atomic E-state index is 13.1. The van der Waals surface area contributed by atoms with Crippen LogP contribution in [0, 0.1) is 19.7 Å². The average molecular weight is 464 g/mol. The highest BCUT2D eigenvalue weighted by Crippen LogP contribution is 2.32. The van der Waals surface area contributed by atoms with E-state index in [9.17, 15) is 17.6 Å². The van der Waals surface area contributed by atoms with Crippen LogP contribution < -0.4 is 4.90 Å². The maximum Gasteiger partial charge on any atom is 0.229 e. The molecule has 0 spiro atoms. The summed E-state index contributed by atoms with van der Waals surface area (Å²) in [6.07, 6.45) is -0.179. The quantitative estimate of drug-likeness (QED) is 0.475. The van der Waals surface area contributed by atoms with Gasteiger partial charge in [-0.3, -0.25) is 9.69 Å². The Morgan fingerprint density at radius 3 is 2.39 bits per heavy atom. The van der Waals surface area contributed by atoms with E-state index in [1.54, 1.807) is 4.90 Å². The molecule has 3 rings (SSSR count). The van der Waals surface area contributed by atoms with E-state index in [0.717, 1.165) is 33.5 Å². The van der Waals surface area contributed by atoms with E-state index in [0.29, 0.717) is 18.2 Å². The largest absolute Gasteiger partial charge is 0.308 e. The highest BCUT2D eigenvalue weighted by Gasteiger charge is 2.23. The standard InChI is InChI=1S/C22H26FN3O3S2/c1-15-5-10-19-21(16(15)2)24-22(30-19)26(13-12-25(3)4)20(27)11-14-31(28,29)18-8-6-17(23)7-9-18/h5-10H,11-14H2,1-4H3. The zero-order valence-corrected chi connectivity index (χ0v) is 19.7. The van der Waals surface area contributed by atoms with Gasteiger partial charge in [-0.15, -0.1) is 0 Å². The van der Waals surface area contributed by atoms with Crippen LogP contribution >= 0.6 is 11.3 Å². The Bertz CT molecular complexity index is 1190. The number of aryl methyl sites for hydroxylation is 2. The number of anilines is 1. The fourth-order valence-corrected chi connectivity index (χ4v) is 5.37. The second-order valence-electron chi connectivity index (χ2n) is 7.72. The van der Waals surface area contributed by atoms with Crippen molar-refractivity contribution in [2.24, 2.45) is 0 Å². The third-order valence-corrected chi connectivity index (χ3v) is 7.91. The fourth-order valence-electron chi connectivity index (χ4n) is 3.07. The first-order valence-corrected chi connectivity index (χ1v) is 12.4. The third-order valence-electron chi connectivity index (χ3n) is 5.13. The van der Waals surface area contributed by atoms with Crippen LogP contribution in [0.4, 0.5) is 9.52 Å². The molecule has 6 nitrogen and oxygen atoms in total. The number of carbonyl (C=O) groups excluding carboxylic acids is 1. The Hall–Kier alpha value is -2.36. The molecular weight excluding hydrogens is 437 g/mol. The normalized spacial score (nSPS) is 11.9. The molecule has 0 aliphatic rings. The number of rotatable bonds is 8. The van der Waals surface area contributed by atoms with Gasteiger partial charge in [0, 0.05) is 19.5 Å². The highest BCUT2D eigenvalue weighted by atomic mass is 32.2. The van der Waals surface area contributed by atoms with E-state index in [1.807, 2.05) is 45.0 Å². The van der Waals surface area contributed by atoms with Crippen LogP contribution in [0.2, 0.25) is 0 Å². The van der Waals surface area contributed by atoms with Gasteiger partial charge in [-0.25, -0.2) is 17.8 Å². The van der Waals surface area contributed by atoms with Crippen molar-refractivity contribution in [2.75, 3.05) is 37.8 Å². The van der Waals surface area contributed by atoms with E-state index < -0.39 is 15.7 Å². The second kappa shape index (κ2) is 9.42. The monoisotopic (exact) mass is 463 g/mol. The van der Waals surface area contributed by atoms with Gasteiger partial charge in [-0.05, 0) is 69.4 Å². The summed E-state index contributed by atoms with van der Waals surface area (Å²) in [6.45, 7) is 5.04. The lowest BCUT2D eigenvalue weighted by molar-refractivity contribution is -0.118. The first-order valence-electron chi connectivity index (χ1n) is 9.88. The van der Waals surface area contributed by atoms with Crippen LogP contribution in [-0.2, 0) is 14.6 Å². The predicted octanol–water partition coefficient (Wildman–Crippen LogP) is 3.81. The van der Waals surface area contributed by atoms with Gasteiger partial charge in [-0.2, -0.15) is 0 Å². The molecule has 0 N–H and O–H groups in total.